The number of hydrogen-bond acceptors (Lipinski definition) is 0. The van der Waals surface area contributed by atoms with Gasteiger partial charge in [0.1, 0.15) is 11.4 Å². The quantitative estimate of drug-likeness (QED) is 0.0474. The molecule has 42 heavy (non-hydrogen) atoms. The molecule has 0 saturated heterocycles. The Morgan fingerprint density at radius 2 is 0.571 bits per heavy atom. The summed E-state index contributed by atoms with van der Waals surface area (Å²) in [4.78, 5) is 0. The fourth-order valence-corrected chi connectivity index (χ4v) is 6.65. The van der Waals surface area contributed by atoms with Crippen LogP contribution in [0.25, 0.3) is 0 Å². The summed E-state index contributed by atoms with van der Waals surface area (Å²) in [7, 11) is 0. The summed E-state index contributed by atoms with van der Waals surface area (Å²) in [6.45, 7) is 7.07. The monoisotopic (exact) mass is 689 g/mol. The first kappa shape index (κ1) is 39.2. The van der Waals surface area contributed by atoms with Crippen molar-refractivity contribution in [2.75, 3.05) is 13.1 Å². The van der Waals surface area contributed by atoms with Gasteiger partial charge in [0.2, 0.25) is 0 Å². The number of benzene rings is 2. The lowest BCUT2D eigenvalue weighted by molar-refractivity contribution is -0.00000876. The minimum atomic E-state index is 0. The van der Waals surface area contributed by atoms with Gasteiger partial charge in [0.25, 0.3) is 0 Å². The first-order valence-electron chi connectivity index (χ1n) is 18.3. The molecule has 2 aromatic carbocycles. The van der Waals surface area contributed by atoms with E-state index in [1.165, 1.54) is 179 Å². The van der Waals surface area contributed by atoms with Crippen LogP contribution in [-0.4, -0.2) is 13.1 Å². The van der Waals surface area contributed by atoms with E-state index in [4.69, 9.17) is 0 Å². The van der Waals surface area contributed by atoms with Crippen LogP contribution in [0.2, 0.25) is 0 Å². The van der Waals surface area contributed by atoms with Crippen molar-refractivity contribution in [1.82, 2.24) is 4.48 Å². The van der Waals surface area contributed by atoms with Crippen molar-refractivity contribution in [3.8, 4) is 0 Å². The molecule has 0 unspecified atom stereocenters. The van der Waals surface area contributed by atoms with Gasteiger partial charge in [0.05, 0.1) is 13.1 Å². The molecule has 2 rings (SSSR count). The predicted molar refractivity (Wildman–Crippen MR) is 186 cm³/mol. The van der Waals surface area contributed by atoms with Crippen LogP contribution in [0.5, 0.6) is 0 Å². The highest BCUT2D eigenvalue weighted by Crippen LogP contribution is 2.36. The molecule has 0 aromatic heterocycles. The average Bonchev–Trinajstić information content (AvgIpc) is 3.02. The summed E-state index contributed by atoms with van der Waals surface area (Å²) in [6, 6.07) is 22.9. The molecular formula is C40H68IN. The molecule has 0 N–H and O–H groups in total. The Hall–Kier alpha value is -0.870. The van der Waals surface area contributed by atoms with E-state index in [0.29, 0.717) is 0 Å². The minimum absolute atomic E-state index is 0. The number of nitrogens with zero attached hydrogens (tertiary/aromatic N) is 1. The molecule has 0 spiro atoms. The van der Waals surface area contributed by atoms with Gasteiger partial charge in [-0.05, 0) is 49.9 Å². The Morgan fingerprint density at radius 3 is 0.833 bits per heavy atom. The molecule has 0 aliphatic rings. The fourth-order valence-electron chi connectivity index (χ4n) is 6.65. The zero-order valence-electron chi connectivity index (χ0n) is 28.0. The maximum Gasteiger partial charge on any atom is 0.137 e. The van der Waals surface area contributed by atoms with E-state index in [9.17, 15) is 0 Å². The molecule has 1 nitrogen and oxygen atoms in total. The number of quaternary nitrogens is 1. The molecule has 2 aromatic rings. The Labute approximate surface area is 280 Å². The summed E-state index contributed by atoms with van der Waals surface area (Å²) in [6.07, 6.45) is 33.9. The van der Waals surface area contributed by atoms with Crippen LogP contribution in [-0.2, 0) is 0 Å². The molecule has 240 valence electrons. The molecule has 0 bridgehead atoms. The normalized spacial score (nSPS) is 11.5. The molecule has 0 amide bonds. The summed E-state index contributed by atoms with van der Waals surface area (Å²) < 4.78 is 1.02. The lowest BCUT2D eigenvalue weighted by atomic mass is 10.0. The predicted octanol–water partition coefficient (Wildman–Crippen LogP) is 10.7. The molecule has 0 atom stereocenters. The first-order chi connectivity index (χ1) is 20.3. The van der Waals surface area contributed by atoms with Gasteiger partial charge in [-0.2, -0.15) is 0 Å². The van der Waals surface area contributed by atoms with E-state index in [0.717, 1.165) is 4.48 Å². The van der Waals surface area contributed by atoms with E-state index in [-0.39, 0.29) is 24.0 Å². The summed E-state index contributed by atoms with van der Waals surface area (Å²) in [5, 5.41) is 0. The van der Waals surface area contributed by atoms with Gasteiger partial charge in [-0.1, -0.05) is 179 Å². The van der Waals surface area contributed by atoms with Crippen LogP contribution in [0.4, 0.5) is 11.4 Å². The maximum absolute atomic E-state index is 2.38. The zero-order chi connectivity index (χ0) is 29.1. The van der Waals surface area contributed by atoms with E-state index in [1.807, 2.05) is 0 Å². The number of hydrogen-bond donors (Lipinski definition) is 0. The van der Waals surface area contributed by atoms with Crippen molar-refractivity contribution in [3.05, 3.63) is 60.7 Å². The van der Waals surface area contributed by atoms with E-state index >= 15 is 0 Å². The Balaban J connectivity index is 0.00000882. The topological polar surface area (TPSA) is 0 Å². The molecule has 0 heterocycles. The van der Waals surface area contributed by atoms with E-state index < -0.39 is 0 Å². The van der Waals surface area contributed by atoms with Crippen molar-refractivity contribution in [3.63, 3.8) is 0 Å². The van der Waals surface area contributed by atoms with Gasteiger partial charge in [-0.3, -0.25) is 4.48 Å². The molecular weight excluding hydrogens is 621 g/mol. The highest BCUT2D eigenvalue weighted by atomic mass is 127. The third kappa shape index (κ3) is 17.4. The van der Waals surface area contributed by atoms with Crippen LogP contribution in [0.3, 0.4) is 0 Å². The number of para-hydroxylation sites is 2. The standard InChI is InChI=1S/C40H68N.HI/c1-3-5-7-9-11-13-15-17-19-21-23-31-37-41(39-33-27-25-28-34-39,40-35-29-26-30-36-40)38-32-24-22-20-18-16-14-12-10-8-6-4-2;/h25-30,33-36H,3-24,31-32,37-38H2,1-2H3;1H/q+1;/p-1. The van der Waals surface area contributed by atoms with Gasteiger partial charge < -0.3 is 24.0 Å². The molecule has 0 aliphatic heterocycles. The number of halogens is 1. The average molecular weight is 690 g/mol. The third-order valence-corrected chi connectivity index (χ3v) is 9.29. The smallest absolute Gasteiger partial charge is 0.137 e. The number of unbranched alkanes of at least 4 members (excludes halogenated alkanes) is 22. The van der Waals surface area contributed by atoms with Gasteiger partial charge in [0, 0.05) is 0 Å². The lowest BCUT2D eigenvalue weighted by Gasteiger charge is -2.38. The summed E-state index contributed by atoms with van der Waals surface area (Å²) >= 11 is 0. The third-order valence-electron chi connectivity index (χ3n) is 9.29. The number of rotatable bonds is 28. The van der Waals surface area contributed by atoms with Crippen molar-refractivity contribution >= 4 is 11.4 Å². The van der Waals surface area contributed by atoms with Crippen LogP contribution in [0.1, 0.15) is 168 Å². The molecule has 0 aliphatic carbocycles. The Bertz CT molecular complexity index is 735. The van der Waals surface area contributed by atoms with Crippen LogP contribution >= 0.6 is 0 Å². The minimum Gasteiger partial charge on any atom is -1.00 e. The van der Waals surface area contributed by atoms with Gasteiger partial charge >= 0.3 is 0 Å². The van der Waals surface area contributed by atoms with Gasteiger partial charge in [0.15, 0.2) is 0 Å². The summed E-state index contributed by atoms with van der Waals surface area (Å²) in [5.41, 5.74) is 2.95. The Kier molecular flexibility index (Phi) is 25.8. The lowest BCUT2D eigenvalue weighted by Crippen LogP contribution is -3.00. The molecule has 0 radical (unpaired) electrons. The second-order valence-electron chi connectivity index (χ2n) is 12.9. The molecule has 0 fully saturated rings. The second kappa shape index (κ2) is 27.7. The van der Waals surface area contributed by atoms with Crippen molar-refractivity contribution in [2.45, 2.75) is 168 Å². The van der Waals surface area contributed by atoms with Crippen molar-refractivity contribution in [1.29, 1.82) is 0 Å². The SMILES string of the molecule is CCCCCCCCCCCCCC[N+](CCCCCCCCCCCCCC)(c1ccccc1)c1ccccc1.[I-]. The van der Waals surface area contributed by atoms with Crippen molar-refractivity contribution < 1.29 is 24.0 Å². The largest absolute Gasteiger partial charge is 1.00 e. The highest BCUT2D eigenvalue weighted by molar-refractivity contribution is 5.58. The van der Waals surface area contributed by atoms with Gasteiger partial charge in [-0.15, -0.1) is 0 Å². The summed E-state index contributed by atoms with van der Waals surface area (Å²) in [5.74, 6) is 0. The zero-order valence-corrected chi connectivity index (χ0v) is 30.1. The van der Waals surface area contributed by atoms with Crippen LogP contribution in [0, 0.1) is 0 Å². The Morgan fingerprint density at radius 1 is 0.333 bits per heavy atom. The van der Waals surface area contributed by atoms with Crippen LogP contribution in [0.15, 0.2) is 60.7 Å². The van der Waals surface area contributed by atoms with Crippen molar-refractivity contribution in [2.24, 2.45) is 0 Å². The van der Waals surface area contributed by atoms with Crippen LogP contribution < -0.4 is 28.5 Å². The maximum atomic E-state index is 2.38. The fraction of sp³-hybridized carbons (Fsp3) is 0.700. The van der Waals surface area contributed by atoms with Gasteiger partial charge in [-0.25, -0.2) is 0 Å². The molecule has 2 heteroatoms. The second-order valence-corrected chi connectivity index (χ2v) is 12.9. The van der Waals surface area contributed by atoms with E-state index in [2.05, 4.69) is 74.5 Å². The molecule has 0 saturated carbocycles. The van der Waals surface area contributed by atoms with E-state index in [1.54, 1.807) is 0 Å². The first-order valence-corrected chi connectivity index (χ1v) is 18.3. The highest BCUT2D eigenvalue weighted by Gasteiger charge is 2.32.